The number of carbonyl (C=O) groups is 1. The van der Waals surface area contributed by atoms with Crippen molar-refractivity contribution in [1.82, 2.24) is 0 Å². The Morgan fingerprint density at radius 2 is 1.70 bits per heavy atom. The fraction of sp³-hybridized carbons (Fsp3) is 0.588. The smallest absolute Gasteiger partial charge is 0.457 e. The number of carbonyl (C=O) groups excluding carboxylic acids is 1. The average molecular weight is 319 g/mol. The van der Waals surface area contributed by atoms with Crippen LogP contribution in [0.5, 0.6) is 5.75 Å². The van der Waals surface area contributed by atoms with Crippen molar-refractivity contribution < 1.29 is 18.8 Å². The van der Waals surface area contributed by atoms with Gasteiger partial charge < -0.3 is 19.4 Å². The largest absolute Gasteiger partial charge is 0.494 e. The van der Waals surface area contributed by atoms with E-state index >= 15 is 0 Å². The van der Waals surface area contributed by atoms with E-state index in [0.717, 1.165) is 24.2 Å². The molecule has 1 aromatic rings. The van der Waals surface area contributed by atoms with E-state index in [-0.39, 0.29) is 24.2 Å². The number of nitrogens with one attached hydrogen (secondary N) is 1. The van der Waals surface area contributed by atoms with E-state index in [1.807, 2.05) is 24.3 Å². The predicted molar refractivity (Wildman–Crippen MR) is 91.7 cm³/mol. The summed E-state index contributed by atoms with van der Waals surface area (Å²) >= 11 is 0. The van der Waals surface area contributed by atoms with Gasteiger partial charge in [0, 0.05) is 12.6 Å². The van der Waals surface area contributed by atoms with Crippen molar-refractivity contribution in [2.75, 3.05) is 11.9 Å². The number of hydrogen-bond donors (Lipinski definition) is 1. The molecular formula is C17H26BNO4. The van der Waals surface area contributed by atoms with E-state index in [9.17, 15) is 4.79 Å². The minimum atomic E-state index is -0.280. The Labute approximate surface area is 138 Å². The lowest BCUT2D eigenvalue weighted by molar-refractivity contribution is -0.114. The van der Waals surface area contributed by atoms with Crippen LogP contribution in [0.3, 0.4) is 0 Å². The highest BCUT2D eigenvalue weighted by Gasteiger charge is 2.50. The number of anilines is 1. The Bertz CT molecular complexity index is 526. The van der Waals surface area contributed by atoms with Crippen molar-refractivity contribution in [3.8, 4) is 5.75 Å². The summed E-state index contributed by atoms with van der Waals surface area (Å²) < 4.78 is 17.6. The van der Waals surface area contributed by atoms with Crippen LogP contribution in [0.4, 0.5) is 5.69 Å². The van der Waals surface area contributed by atoms with Crippen LogP contribution in [-0.2, 0) is 14.1 Å². The van der Waals surface area contributed by atoms with Crippen molar-refractivity contribution in [2.24, 2.45) is 0 Å². The van der Waals surface area contributed by atoms with E-state index in [0.29, 0.717) is 6.61 Å². The van der Waals surface area contributed by atoms with Gasteiger partial charge in [-0.25, -0.2) is 0 Å². The van der Waals surface area contributed by atoms with Crippen molar-refractivity contribution in [3.63, 3.8) is 0 Å². The lowest BCUT2D eigenvalue weighted by Crippen LogP contribution is -2.41. The summed E-state index contributed by atoms with van der Waals surface area (Å²) in [5.74, 6) is 0.703. The minimum absolute atomic E-state index is 0.0823. The summed E-state index contributed by atoms with van der Waals surface area (Å²) in [5.41, 5.74) is 0.206. The number of benzene rings is 1. The average Bonchev–Trinajstić information content (AvgIpc) is 2.64. The molecule has 0 aromatic heterocycles. The molecular weight excluding hydrogens is 293 g/mol. The maximum absolute atomic E-state index is 11.0. The molecule has 1 N–H and O–H groups in total. The maximum atomic E-state index is 11.0. The summed E-state index contributed by atoms with van der Waals surface area (Å²) in [4.78, 5) is 11.0. The third-order valence-corrected chi connectivity index (χ3v) is 4.33. The number of hydrogen-bond acceptors (Lipinski definition) is 4. The lowest BCUT2D eigenvalue weighted by atomic mass is 9.83. The molecule has 0 spiro atoms. The molecule has 1 aliphatic heterocycles. The highest BCUT2D eigenvalue weighted by molar-refractivity contribution is 6.45. The lowest BCUT2D eigenvalue weighted by Gasteiger charge is -2.32. The zero-order chi connectivity index (χ0) is 17.1. The topological polar surface area (TPSA) is 56.8 Å². The van der Waals surface area contributed by atoms with E-state index < -0.39 is 0 Å². The molecule has 6 heteroatoms. The van der Waals surface area contributed by atoms with Gasteiger partial charge in [-0.2, -0.15) is 0 Å². The van der Waals surface area contributed by atoms with Crippen molar-refractivity contribution in [3.05, 3.63) is 24.3 Å². The van der Waals surface area contributed by atoms with Gasteiger partial charge in [0.15, 0.2) is 0 Å². The highest BCUT2D eigenvalue weighted by Crippen LogP contribution is 2.37. The third kappa shape index (κ3) is 4.72. The summed E-state index contributed by atoms with van der Waals surface area (Å²) in [6.07, 6.45) is 1.65. The fourth-order valence-corrected chi connectivity index (χ4v) is 2.36. The van der Waals surface area contributed by atoms with Gasteiger partial charge in [-0.1, -0.05) is 0 Å². The zero-order valence-electron chi connectivity index (χ0n) is 14.6. The number of amides is 1. The first-order chi connectivity index (χ1) is 10.7. The summed E-state index contributed by atoms with van der Waals surface area (Å²) in [7, 11) is -0.175. The molecule has 23 heavy (non-hydrogen) atoms. The molecule has 1 fully saturated rings. The van der Waals surface area contributed by atoms with Crippen LogP contribution in [0.2, 0.25) is 6.32 Å². The van der Waals surface area contributed by atoms with Gasteiger partial charge in [-0.15, -0.1) is 0 Å². The van der Waals surface area contributed by atoms with Gasteiger partial charge in [0.25, 0.3) is 0 Å². The van der Waals surface area contributed by atoms with E-state index in [1.165, 1.54) is 6.92 Å². The second-order valence-electron chi connectivity index (χ2n) is 6.88. The molecule has 0 atom stereocenters. The Balaban J connectivity index is 1.71. The predicted octanol–water partition coefficient (Wildman–Crippen LogP) is 3.51. The van der Waals surface area contributed by atoms with E-state index in [1.54, 1.807) is 0 Å². The molecule has 126 valence electrons. The van der Waals surface area contributed by atoms with Crippen LogP contribution >= 0.6 is 0 Å². The maximum Gasteiger partial charge on any atom is 0.457 e. The Hall–Kier alpha value is -1.53. The fourth-order valence-electron chi connectivity index (χ4n) is 2.36. The van der Waals surface area contributed by atoms with Crippen molar-refractivity contribution >= 4 is 18.7 Å². The molecule has 2 rings (SSSR count). The van der Waals surface area contributed by atoms with Crippen LogP contribution in [-0.4, -0.2) is 30.8 Å². The van der Waals surface area contributed by atoms with Crippen LogP contribution in [0.1, 0.15) is 41.0 Å². The first-order valence-corrected chi connectivity index (χ1v) is 8.06. The molecule has 0 radical (unpaired) electrons. The van der Waals surface area contributed by atoms with Gasteiger partial charge in [-0.05, 0) is 64.7 Å². The monoisotopic (exact) mass is 319 g/mol. The normalized spacial score (nSPS) is 18.7. The quantitative estimate of drug-likeness (QED) is 0.644. The molecule has 0 bridgehead atoms. The van der Waals surface area contributed by atoms with Gasteiger partial charge in [0.2, 0.25) is 5.91 Å². The van der Waals surface area contributed by atoms with E-state index in [4.69, 9.17) is 14.0 Å². The van der Waals surface area contributed by atoms with Crippen molar-refractivity contribution in [1.29, 1.82) is 0 Å². The summed E-state index contributed by atoms with van der Waals surface area (Å²) in [6, 6.07) is 7.34. The Morgan fingerprint density at radius 1 is 1.13 bits per heavy atom. The Morgan fingerprint density at radius 3 is 2.22 bits per heavy atom. The molecule has 1 amide bonds. The highest BCUT2D eigenvalue weighted by atomic mass is 16.7. The zero-order valence-corrected chi connectivity index (χ0v) is 14.6. The minimum Gasteiger partial charge on any atom is -0.494 e. The van der Waals surface area contributed by atoms with Crippen LogP contribution in [0.25, 0.3) is 0 Å². The number of rotatable bonds is 6. The Kier molecular flexibility index (Phi) is 5.37. The second-order valence-corrected chi connectivity index (χ2v) is 6.88. The SMILES string of the molecule is CC(=O)Nc1ccc(OCCCB2OC(C)(C)C(C)(C)O2)cc1. The molecule has 1 heterocycles. The molecule has 0 saturated carbocycles. The van der Waals surface area contributed by atoms with Gasteiger partial charge in [0.1, 0.15) is 5.75 Å². The first kappa shape index (κ1) is 17.8. The number of ether oxygens (including phenoxy) is 1. The summed E-state index contributed by atoms with van der Waals surface area (Å²) in [5, 5.41) is 2.72. The van der Waals surface area contributed by atoms with Crippen molar-refractivity contribution in [2.45, 2.75) is 58.6 Å². The first-order valence-electron chi connectivity index (χ1n) is 8.06. The third-order valence-electron chi connectivity index (χ3n) is 4.33. The van der Waals surface area contributed by atoms with Gasteiger partial charge in [-0.3, -0.25) is 4.79 Å². The molecule has 1 aromatic carbocycles. The van der Waals surface area contributed by atoms with E-state index in [2.05, 4.69) is 33.0 Å². The molecule has 5 nitrogen and oxygen atoms in total. The van der Waals surface area contributed by atoms with Gasteiger partial charge >= 0.3 is 7.12 Å². The molecule has 0 aliphatic carbocycles. The molecule has 1 saturated heterocycles. The standard InChI is InChI=1S/C17H26BNO4/c1-13(20)19-14-7-9-15(10-8-14)21-12-6-11-18-22-16(2,3)17(4,5)23-18/h7-10H,6,11-12H2,1-5H3,(H,19,20). The van der Waals surface area contributed by atoms with Crippen LogP contribution < -0.4 is 10.1 Å². The van der Waals surface area contributed by atoms with Gasteiger partial charge in [0.05, 0.1) is 17.8 Å². The molecule has 0 unspecified atom stereocenters. The molecule has 1 aliphatic rings. The second kappa shape index (κ2) is 6.93. The van der Waals surface area contributed by atoms with Crippen LogP contribution in [0, 0.1) is 0 Å². The van der Waals surface area contributed by atoms with Crippen LogP contribution in [0.15, 0.2) is 24.3 Å². The summed E-state index contributed by atoms with van der Waals surface area (Å²) in [6.45, 7) is 10.3.